The molecule has 0 aliphatic rings. The van der Waals surface area contributed by atoms with Crippen molar-refractivity contribution >= 4 is 11.6 Å². The van der Waals surface area contributed by atoms with Gasteiger partial charge in [-0.1, -0.05) is 20.8 Å². The minimum atomic E-state index is 0.122. The van der Waals surface area contributed by atoms with Gasteiger partial charge in [-0.3, -0.25) is 9.59 Å². The second-order valence-corrected chi connectivity index (χ2v) is 5.97. The summed E-state index contributed by atoms with van der Waals surface area (Å²) in [6.45, 7) is 6.90. The molecule has 0 aliphatic carbocycles. The Labute approximate surface area is 110 Å². The zero-order valence-electron chi connectivity index (χ0n) is 12.0. The summed E-state index contributed by atoms with van der Waals surface area (Å²) in [5.74, 6) is 5.18. The van der Waals surface area contributed by atoms with Gasteiger partial charge < -0.3 is 4.84 Å². The van der Waals surface area contributed by atoms with Gasteiger partial charge >= 0.3 is 0 Å². The summed E-state index contributed by atoms with van der Waals surface area (Å²) in [4.78, 5) is 27.4. The van der Waals surface area contributed by atoms with Crippen LogP contribution >= 0.6 is 0 Å². The summed E-state index contributed by atoms with van der Waals surface area (Å²) in [6, 6.07) is 0. The molecule has 106 valence electrons. The standard InChI is InChI=1S/C14H27NO3/c1-14(2,3)10-4-6-12(16)8-9-13(17)7-5-11-18-15/h4-11,15H2,1-3H3. The molecule has 0 heterocycles. The van der Waals surface area contributed by atoms with Crippen LogP contribution in [0.4, 0.5) is 0 Å². The number of Topliss-reactive ketones (excluding diaryl/α,β-unsaturated/α-hetero) is 2. The molecule has 0 unspecified atom stereocenters. The number of ketones is 2. The first-order valence-corrected chi connectivity index (χ1v) is 6.70. The van der Waals surface area contributed by atoms with Crippen molar-refractivity contribution < 1.29 is 14.4 Å². The van der Waals surface area contributed by atoms with Crippen LogP contribution in [0.25, 0.3) is 0 Å². The van der Waals surface area contributed by atoms with Gasteiger partial charge in [-0.05, 0) is 24.7 Å². The molecule has 0 spiro atoms. The molecule has 0 bridgehead atoms. The lowest BCUT2D eigenvalue weighted by Gasteiger charge is -2.17. The molecular formula is C14H27NO3. The molecule has 0 saturated heterocycles. The SMILES string of the molecule is CC(C)(C)CCCC(=O)CCC(=O)CCCON. The maximum absolute atomic E-state index is 11.6. The summed E-state index contributed by atoms with van der Waals surface area (Å²) >= 11 is 0. The fourth-order valence-electron chi connectivity index (χ4n) is 1.70. The minimum absolute atomic E-state index is 0.122. The fraction of sp³-hybridized carbons (Fsp3) is 0.857. The van der Waals surface area contributed by atoms with Crippen LogP contribution in [-0.2, 0) is 14.4 Å². The van der Waals surface area contributed by atoms with E-state index in [0.29, 0.717) is 38.7 Å². The molecule has 18 heavy (non-hydrogen) atoms. The monoisotopic (exact) mass is 257 g/mol. The molecule has 0 fully saturated rings. The number of carbonyl (C=O) groups is 2. The minimum Gasteiger partial charge on any atom is -0.305 e. The average Bonchev–Trinajstić information content (AvgIpc) is 2.25. The van der Waals surface area contributed by atoms with Crippen LogP contribution in [0.5, 0.6) is 0 Å². The van der Waals surface area contributed by atoms with E-state index in [-0.39, 0.29) is 17.0 Å². The molecule has 0 saturated carbocycles. The lowest BCUT2D eigenvalue weighted by Crippen LogP contribution is -2.09. The van der Waals surface area contributed by atoms with E-state index in [2.05, 4.69) is 25.6 Å². The molecule has 2 N–H and O–H groups in total. The van der Waals surface area contributed by atoms with E-state index in [4.69, 9.17) is 5.90 Å². The maximum atomic E-state index is 11.6. The van der Waals surface area contributed by atoms with E-state index in [1.54, 1.807) is 0 Å². The molecular weight excluding hydrogens is 230 g/mol. The molecule has 0 atom stereocenters. The molecule has 0 rings (SSSR count). The maximum Gasteiger partial charge on any atom is 0.133 e. The van der Waals surface area contributed by atoms with Crippen molar-refractivity contribution in [3.05, 3.63) is 0 Å². The largest absolute Gasteiger partial charge is 0.305 e. The van der Waals surface area contributed by atoms with Gasteiger partial charge in [-0.2, -0.15) is 0 Å². The van der Waals surface area contributed by atoms with Gasteiger partial charge in [-0.15, -0.1) is 0 Å². The van der Waals surface area contributed by atoms with Crippen molar-refractivity contribution in [3.8, 4) is 0 Å². The Morgan fingerprint density at radius 1 is 0.944 bits per heavy atom. The highest BCUT2D eigenvalue weighted by Gasteiger charge is 2.12. The highest BCUT2D eigenvalue weighted by molar-refractivity contribution is 5.85. The van der Waals surface area contributed by atoms with Crippen molar-refractivity contribution in [2.45, 2.75) is 65.7 Å². The fourth-order valence-corrected chi connectivity index (χ4v) is 1.70. The Kier molecular flexibility index (Phi) is 8.85. The average molecular weight is 257 g/mol. The third-order valence-electron chi connectivity index (χ3n) is 2.78. The first-order chi connectivity index (χ1) is 8.35. The van der Waals surface area contributed by atoms with E-state index in [0.717, 1.165) is 12.8 Å². The van der Waals surface area contributed by atoms with Crippen molar-refractivity contribution in [1.82, 2.24) is 0 Å². The van der Waals surface area contributed by atoms with Gasteiger partial charge in [0.15, 0.2) is 0 Å². The van der Waals surface area contributed by atoms with E-state index in [1.807, 2.05) is 0 Å². The normalized spacial score (nSPS) is 11.6. The van der Waals surface area contributed by atoms with Gasteiger partial charge in [0, 0.05) is 25.7 Å². The molecule has 4 nitrogen and oxygen atoms in total. The number of rotatable bonds is 10. The Morgan fingerprint density at radius 3 is 1.89 bits per heavy atom. The highest BCUT2D eigenvalue weighted by Crippen LogP contribution is 2.21. The topological polar surface area (TPSA) is 69.4 Å². The van der Waals surface area contributed by atoms with Crippen LogP contribution in [0.1, 0.15) is 65.7 Å². The number of hydrogen-bond donors (Lipinski definition) is 1. The summed E-state index contributed by atoms with van der Waals surface area (Å²) in [7, 11) is 0. The zero-order chi connectivity index (χ0) is 14.0. The number of hydrogen-bond acceptors (Lipinski definition) is 4. The first kappa shape index (κ1) is 17.3. The van der Waals surface area contributed by atoms with E-state index in [9.17, 15) is 9.59 Å². The van der Waals surface area contributed by atoms with Crippen LogP contribution < -0.4 is 5.90 Å². The number of nitrogens with two attached hydrogens (primary N) is 1. The second kappa shape index (κ2) is 9.22. The van der Waals surface area contributed by atoms with Crippen molar-refractivity contribution in [3.63, 3.8) is 0 Å². The molecule has 0 amide bonds. The third kappa shape index (κ3) is 11.7. The van der Waals surface area contributed by atoms with Crippen LogP contribution in [0, 0.1) is 5.41 Å². The smallest absolute Gasteiger partial charge is 0.133 e. The predicted octanol–water partition coefficient (Wildman–Crippen LogP) is 2.79. The molecule has 0 aromatic carbocycles. The van der Waals surface area contributed by atoms with E-state index >= 15 is 0 Å². The van der Waals surface area contributed by atoms with Crippen molar-refractivity contribution in [2.75, 3.05) is 6.61 Å². The molecule has 0 radical (unpaired) electrons. The highest BCUT2D eigenvalue weighted by atomic mass is 16.6. The van der Waals surface area contributed by atoms with Gasteiger partial charge in [-0.25, -0.2) is 5.90 Å². The van der Waals surface area contributed by atoms with E-state index < -0.39 is 0 Å². The van der Waals surface area contributed by atoms with Crippen molar-refractivity contribution in [2.24, 2.45) is 11.3 Å². The summed E-state index contributed by atoms with van der Waals surface area (Å²) in [5.41, 5.74) is 0.276. The zero-order valence-corrected chi connectivity index (χ0v) is 12.0. The Balaban J connectivity index is 3.55. The lowest BCUT2D eigenvalue weighted by molar-refractivity contribution is -0.124. The number of carbonyl (C=O) groups excluding carboxylic acids is 2. The van der Waals surface area contributed by atoms with Gasteiger partial charge in [0.25, 0.3) is 0 Å². The third-order valence-corrected chi connectivity index (χ3v) is 2.78. The lowest BCUT2D eigenvalue weighted by atomic mass is 9.89. The van der Waals surface area contributed by atoms with Crippen LogP contribution in [0.2, 0.25) is 0 Å². The molecule has 0 aromatic rings. The first-order valence-electron chi connectivity index (χ1n) is 6.70. The quantitative estimate of drug-likeness (QED) is 0.482. The molecule has 0 aromatic heterocycles. The van der Waals surface area contributed by atoms with Crippen LogP contribution in [0.15, 0.2) is 0 Å². The van der Waals surface area contributed by atoms with Gasteiger partial charge in [0.05, 0.1) is 6.61 Å². The Hall–Kier alpha value is -0.740. The van der Waals surface area contributed by atoms with Crippen LogP contribution in [-0.4, -0.2) is 18.2 Å². The van der Waals surface area contributed by atoms with Crippen molar-refractivity contribution in [1.29, 1.82) is 0 Å². The second-order valence-electron chi connectivity index (χ2n) is 5.97. The van der Waals surface area contributed by atoms with E-state index in [1.165, 1.54) is 0 Å². The summed E-state index contributed by atoms with van der Waals surface area (Å²) in [6.07, 6.45) is 4.37. The summed E-state index contributed by atoms with van der Waals surface area (Å²) in [5, 5.41) is 0. The Morgan fingerprint density at radius 2 is 1.44 bits per heavy atom. The van der Waals surface area contributed by atoms with Crippen LogP contribution in [0.3, 0.4) is 0 Å². The summed E-state index contributed by atoms with van der Waals surface area (Å²) < 4.78 is 0. The predicted molar refractivity (Wildman–Crippen MR) is 71.9 cm³/mol. The molecule has 4 heteroatoms. The van der Waals surface area contributed by atoms with Gasteiger partial charge in [0.2, 0.25) is 0 Å². The Bertz CT molecular complexity index is 256. The molecule has 0 aliphatic heterocycles. The van der Waals surface area contributed by atoms with Gasteiger partial charge in [0.1, 0.15) is 11.6 Å².